The van der Waals surface area contributed by atoms with Gasteiger partial charge in [0, 0.05) is 10.4 Å². The molecule has 4 aromatic rings. The Morgan fingerprint density at radius 1 is 1.11 bits per heavy atom. The summed E-state index contributed by atoms with van der Waals surface area (Å²) in [6.07, 6.45) is 1.66. The number of hydrogen-bond donors (Lipinski definition) is 0. The fourth-order valence-electron chi connectivity index (χ4n) is 2.91. The average Bonchev–Trinajstić information content (AvgIpc) is 3.43. The number of benzene rings is 1. The summed E-state index contributed by atoms with van der Waals surface area (Å²) in [6, 6.07) is 15.7. The lowest BCUT2D eigenvalue weighted by atomic mass is 10.1. The highest BCUT2D eigenvalue weighted by Gasteiger charge is 2.18. The quantitative estimate of drug-likeness (QED) is 0.309. The molecule has 5 nitrogen and oxygen atoms in total. The van der Waals surface area contributed by atoms with Crippen molar-refractivity contribution < 1.29 is 9.21 Å². The Hall–Kier alpha value is -2.64. The minimum Gasteiger partial charge on any atom is -0.467 e. The van der Waals surface area contributed by atoms with E-state index in [1.54, 1.807) is 6.26 Å². The van der Waals surface area contributed by atoms with Crippen LogP contribution in [0.4, 0.5) is 0 Å². The Morgan fingerprint density at radius 3 is 2.68 bits per heavy atom. The van der Waals surface area contributed by atoms with E-state index >= 15 is 0 Å². The smallest absolute Gasteiger partial charge is 0.192 e. The second-order valence-electron chi connectivity index (χ2n) is 6.41. The van der Waals surface area contributed by atoms with Crippen molar-refractivity contribution in [1.82, 2.24) is 14.8 Å². The number of carbonyl (C=O) groups is 1. The van der Waals surface area contributed by atoms with Gasteiger partial charge in [-0.1, -0.05) is 36.0 Å². The van der Waals surface area contributed by atoms with Crippen LogP contribution < -0.4 is 0 Å². The number of aryl methyl sites for hydroxylation is 2. The topological polar surface area (TPSA) is 60.9 Å². The molecule has 0 radical (unpaired) electrons. The molecule has 0 bridgehead atoms. The van der Waals surface area contributed by atoms with E-state index in [4.69, 9.17) is 4.42 Å². The lowest BCUT2D eigenvalue weighted by molar-refractivity contribution is 0.102. The summed E-state index contributed by atoms with van der Waals surface area (Å²) in [7, 11) is 0. The standard InChI is InChI=1S/C21H19N3O2S2/c1-14-6-3-4-8-17(14)20-22-23-21(24(20)12-16-7-5-11-26-16)27-13-18(25)19-10-9-15(2)28-19/h3-11H,12-13H2,1-2H3. The van der Waals surface area contributed by atoms with E-state index in [2.05, 4.69) is 23.2 Å². The van der Waals surface area contributed by atoms with Crippen LogP contribution in [0.25, 0.3) is 11.4 Å². The van der Waals surface area contributed by atoms with Gasteiger partial charge in [-0.2, -0.15) is 0 Å². The summed E-state index contributed by atoms with van der Waals surface area (Å²) in [4.78, 5) is 14.4. The molecule has 0 saturated carbocycles. The maximum atomic E-state index is 12.5. The van der Waals surface area contributed by atoms with Gasteiger partial charge in [-0.15, -0.1) is 21.5 Å². The van der Waals surface area contributed by atoms with E-state index in [9.17, 15) is 4.79 Å². The molecule has 3 aromatic heterocycles. The van der Waals surface area contributed by atoms with E-state index < -0.39 is 0 Å². The number of rotatable bonds is 7. The van der Waals surface area contributed by atoms with Crippen LogP contribution >= 0.6 is 23.1 Å². The maximum Gasteiger partial charge on any atom is 0.192 e. The first-order chi connectivity index (χ1) is 13.6. The van der Waals surface area contributed by atoms with Gasteiger partial charge in [0.2, 0.25) is 0 Å². The van der Waals surface area contributed by atoms with Gasteiger partial charge in [-0.25, -0.2) is 0 Å². The van der Waals surface area contributed by atoms with Gasteiger partial charge in [-0.3, -0.25) is 9.36 Å². The first-order valence-electron chi connectivity index (χ1n) is 8.86. The molecule has 1 aromatic carbocycles. The molecule has 28 heavy (non-hydrogen) atoms. The molecule has 0 aliphatic rings. The summed E-state index contributed by atoms with van der Waals surface area (Å²) in [6.45, 7) is 4.57. The number of ketones is 1. The summed E-state index contributed by atoms with van der Waals surface area (Å²) in [5.41, 5.74) is 2.14. The van der Waals surface area contributed by atoms with Crippen LogP contribution in [0, 0.1) is 13.8 Å². The fraction of sp³-hybridized carbons (Fsp3) is 0.190. The highest BCUT2D eigenvalue weighted by Crippen LogP contribution is 2.28. The summed E-state index contributed by atoms with van der Waals surface area (Å²) in [5, 5.41) is 9.50. The van der Waals surface area contributed by atoms with Crippen LogP contribution in [-0.4, -0.2) is 26.3 Å². The van der Waals surface area contributed by atoms with Crippen molar-refractivity contribution in [2.75, 3.05) is 5.75 Å². The molecule has 0 spiro atoms. The first-order valence-corrected chi connectivity index (χ1v) is 10.7. The van der Waals surface area contributed by atoms with Gasteiger partial charge in [0.1, 0.15) is 5.76 Å². The minimum absolute atomic E-state index is 0.105. The second-order valence-corrected chi connectivity index (χ2v) is 8.64. The zero-order valence-electron chi connectivity index (χ0n) is 15.6. The van der Waals surface area contributed by atoms with Crippen molar-refractivity contribution in [2.24, 2.45) is 0 Å². The molecule has 4 rings (SSSR count). The van der Waals surface area contributed by atoms with Gasteiger partial charge >= 0.3 is 0 Å². The zero-order valence-corrected chi connectivity index (χ0v) is 17.2. The number of carbonyl (C=O) groups excluding carboxylic acids is 1. The van der Waals surface area contributed by atoms with E-state index in [0.717, 1.165) is 32.5 Å². The van der Waals surface area contributed by atoms with Crippen LogP contribution in [0.15, 0.2) is 64.4 Å². The molecule has 0 saturated heterocycles. The molecule has 0 unspecified atom stereocenters. The predicted molar refractivity (Wildman–Crippen MR) is 112 cm³/mol. The third-order valence-corrected chi connectivity index (χ3v) is 6.35. The van der Waals surface area contributed by atoms with Gasteiger partial charge in [0.05, 0.1) is 23.4 Å². The summed E-state index contributed by atoms with van der Waals surface area (Å²) < 4.78 is 7.54. The number of thioether (sulfide) groups is 1. The summed E-state index contributed by atoms with van der Waals surface area (Å²) >= 11 is 2.93. The monoisotopic (exact) mass is 409 g/mol. The van der Waals surface area contributed by atoms with Crippen molar-refractivity contribution in [2.45, 2.75) is 25.5 Å². The zero-order chi connectivity index (χ0) is 19.5. The molecule has 3 heterocycles. The van der Waals surface area contributed by atoms with Gasteiger partial charge in [0.15, 0.2) is 16.8 Å². The van der Waals surface area contributed by atoms with E-state index in [-0.39, 0.29) is 5.78 Å². The third-order valence-electron chi connectivity index (χ3n) is 4.34. The number of nitrogens with zero attached hydrogens (tertiary/aromatic N) is 3. The lowest BCUT2D eigenvalue weighted by Crippen LogP contribution is -2.06. The Morgan fingerprint density at radius 2 is 1.96 bits per heavy atom. The lowest BCUT2D eigenvalue weighted by Gasteiger charge is -2.10. The number of hydrogen-bond acceptors (Lipinski definition) is 6. The van der Waals surface area contributed by atoms with Crippen LogP contribution in [0.3, 0.4) is 0 Å². The predicted octanol–water partition coefficient (Wildman–Crippen LogP) is 5.24. The Bertz CT molecular complexity index is 1100. The van der Waals surface area contributed by atoms with E-state index in [1.165, 1.54) is 23.1 Å². The highest BCUT2D eigenvalue weighted by atomic mass is 32.2. The number of aromatic nitrogens is 3. The molecule has 142 valence electrons. The normalized spacial score (nSPS) is 11.1. The van der Waals surface area contributed by atoms with E-state index in [0.29, 0.717) is 17.5 Å². The minimum atomic E-state index is 0.105. The second kappa shape index (κ2) is 8.16. The van der Waals surface area contributed by atoms with Gasteiger partial charge in [-0.05, 0) is 43.7 Å². The highest BCUT2D eigenvalue weighted by molar-refractivity contribution is 7.99. The van der Waals surface area contributed by atoms with Crippen molar-refractivity contribution in [3.8, 4) is 11.4 Å². The molecule has 0 aliphatic carbocycles. The number of furan rings is 1. The molecular formula is C21H19N3O2S2. The first kappa shape index (κ1) is 18.7. The number of thiophene rings is 1. The fourth-order valence-corrected chi connectivity index (χ4v) is 4.62. The number of Topliss-reactive ketones (excluding diaryl/α,β-unsaturated/α-hetero) is 1. The largest absolute Gasteiger partial charge is 0.467 e. The Balaban J connectivity index is 1.63. The summed E-state index contributed by atoms with van der Waals surface area (Å²) in [5.74, 6) is 2.02. The van der Waals surface area contributed by atoms with Crippen molar-refractivity contribution >= 4 is 28.9 Å². The van der Waals surface area contributed by atoms with Gasteiger partial charge < -0.3 is 4.42 Å². The maximum absolute atomic E-state index is 12.5. The molecule has 7 heteroatoms. The molecule has 0 fully saturated rings. The average molecular weight is 410 g/mol. The van der Waals surface area contributed by atoms with Crippen molar-refractivity contribution in [1.29, 1.82) is 0 Å². The molecule has 0 N–H and O–H groups in total. The third kappa shape index (κ3) is 3.95. The molecular weight excluding hydrogens is 390 g/mol. The van der Waals surface area contributed by atoms with E-state index in [1.807, 2.05) is 54.0 Å². The van der Waals surface area contributed by atoms with Crippen LogP contribution in [0.2, 0.25) is 0 Å². The molecule has 0 amide bonds. The van der Waals surface area contributed by atoms with Crippen LogP contribution in [-0.2, 0) is 6.54 Å². The SMILES string of the molecule is Cc1ccc(C(=O)CSc2nnc(-c3ccccc3C)n2Cc2ccco2)s1. The van der Waals surface area contributed by atoms with Gasteiger partial charge in [0.25, 0.3) is 0 Å². The Kier molecular flexibility index (Phi) is 5.45. The Labute approximate surface area is 171 Å². The van der Waals surface area contributed by atoms with Crippen molar-refractivity contribution in [3.05, 3.63) is 75.9 Å². The van der Waals surface area contributed by atoms with Crippen LogP contribution in [0.5, 0.6) is 0 Å². The van der Waals surface area contributed by atoms with Crippen LogP contribution in [0.1, 0.15) is 25.9 Å². The molecule has 0 aliphatic heterocycles. The van der Waals surface area contributed by atoms with Crippen molar-refractivity contribution in [3.63, 3.8) is 0 Å². The molecule has 0 atom stereocenters.